The van der Waals surface area contributed by atoms with E-state index in [2.05, 4.69) is 26.0 Å². The number of pyridine rings is 4. The van der Waals surface area contributed by atoms with Gasteiger partial charge in [-0.3, -0.25) is 19.2 Å². The number of hydrogen-bond acceptors (Lipinski definition) is 14. The molecule has 30 heteroatoms. The first-order chi connectivity index (χ1) is 62.0. The number of halogens is 8. The summed E-state index contributed by atoms with van der Waals surface area (Å²) >= 11 is 25.1. The molecule has 8 heterocycles. The van der Waals surface area contributed by atoms with Crippen molar-refractivity contribution in [2.75, 3.05) is 13.2 Å². The smallest absolute Gasteiger partial charge is 0.294 e. The molecule has 22 nitrogen and oxygen atoms in total. The first-order valence-corrected chi connectivity index (χ1v) is 42.6. The maximum absolute atomic E-state index is 14.5. The largest absolute Gasteiger partial charge is 0.451 e. The maximum Gasteiger partial charge on any atom is 0.294 e. The van der Waals surface area contributed by atoms with Crippen LogP contribution in [0.25, 0.3) is 22.7 Å². The lowest BCUT2D eigenvalue weighted by atomic mass is 10.0. The molecule has 0 bridgehead atoms. The molecule has 668 valence electrons. The second kappa shape index (κ2) is 40.8. The van der Waals surface area contributed by atoms with Gasteiger partial charge >= 0.3 is 0 Å². The van der Waals surface area contributed by atoms with E-state index in [1.807, 2.05) is 192 Å². The van der Waals surface area contributed by atoms with Crippen LogP contribution < -0.4 is 41.2 Å². The van der Waals surface area contributed by atoms with E-state index in [1.54, 1.807) is 92.4 Å². The van der Waals surface area contributed by atoms with Crippen molar-refractivity contribution in [2.24, 2.45) is 0 Å². The molecular formula is C100H92Cl4F4N12O10. The van der Waals surface area contributed by atoms with Gasteiger partial charge in [0.2, 0.25) is 0 Å². The highest BCUT2D eigenvalue weighted by Crippen LogP contribution is 2.35. The number of nitrogens with zero attached hydrogens (tertiary/aromatic N) is 12. The summed E-state index contributed by atoms with van der Waals surface area (Å²) in [5.41, 5.74) is 14.0. The van der Waals surface area contributed by atoms with Crippen LogP contribution in [-0.4, -0.2) is 79.9 Å². The highest BCUT2D eigenvalue weighted by molar-refractivity contribution is 6.31. The Bertz CT molecular complexity index is 7110. The zero-order chi connectivity index (χ0) is 93.4. The molecule has 2 N–H and O–H groups in total. The van der Waals surface area contributed by atoms with Crippen molar-refractivity contribution >= 4 is 46.4 Å². The summed E-state index contributed by atoms with van der Waals surface area (Å²) in [7, 11) is 0. The Morgan fingerprint density at radius 1 is 0.331 bits per heavy atom. The third kappa shape index (κ3) is 22.2. The Balaban J connectivity index is 0.000000148. The molecule has 4 atom stereocenters. The van der Waals surface area contributed by atoms with E-state index < -0.39 is 65.5 Å². The summed E-state index contributed by atoms with van der Waals surface area (Å²) in [6.07, 6.45) is 20.5. The van der Waals surface area contributed by atoms with Crippen molar-refractivity contribution in [3.8, 4) is 68.7 Å². The number of aliphatic hydroxyl groups excluding tert-OH is 2. The molecule has 0 fully saturated rings. The second-order valence-corrected chi connectivity index (χ2v) is 33.4. The third-order valence-electron chi connectivity index (χ3n) is 21.6. The van der Waals surface area contributed by atoms with Crippen molar-refractivity contribution in [3.63, 3.8) is 0 Å². The molecule has 130 heavy (non-hydrogen) atoms. The molecule has 0 aliphatic carbocycles. The van der Waals surface area contributed by atoms with Gasteiger partial charge in [-0.2, -0.15) is 0 Å². The van der Waals surface area contributed by atoms with Crippen molar-refractivity contribution in [2.45, 2.75) is 121 Å². The Kier molecular flexibility index (Phi) is 29.5. The highest BCUT2D eigenvalue weighted by atomic mass is 35.5. The van der Waals surface area contributed by atoms with Gasteiger partial charge in [-0.15, -0.1) is 0 Å². The highest BCUT2D eigenvalue weighted by Gasteiger charge is 2.26. The lowest BCUT2D eigenvalue weighted by Crippen LogP contribution is -2.28. The average molecular weight is 1840 g/mol. The Hall–Kier alpha value is -13.6. The van der Waals surface area contributed by atoms with Crippen LogP contribution in [0.2, 0.25) is 20.1 Å². The topological polar surface area (TPSA) is 237 Å². The van der Waals surface area contributed by atoms with Crippen molar-refractivity contribution in [3.05, 3.63) is 419 Å². The van der Waals surface area contributed by atoms with E-state index in [0.717, 1.165) is 101 Å². The number of imidazole rings is 4. The van der Waals surface area contributed by atoms with Crippen LogP contribution in [0.5, 0.6) is 46.0 Å². The summed E-state index contributed by atoms with van der Waals surface area (Å²) in [6.45, 7) is 25.1. The molecule has 0 saturated heterocycles. The van der Waals surface area contributed by atoms with Gasteiger partial charge in [0.15, 0.2) is 23.0 Å². The second-order valence-electron chi connectivity index (χ2n) is 31.7. The van der Waals surface area contributed by atoms with Gasteiger partial charge in [0.05, 0.1) is 106 Å². The predicted molar refractivity (Wildman–Crippen MR) is 498 cm³/mol. The van der Waals surface area contributed by atoms with Gasteiger partial charge in [-0.1, -0.05) is 94.4 Å². The van der Waals surface area contributed by atoms with Crippen molar-refractivity contribution in [1.82, 2.24) is 56.5 Å². The SMILES string of the molecule is Cc1cc(F)cc([C@H](CO)n2cc(Cl)cc(Oc3ccc(-n4cnc(C)c4)c(C)c3)c2=O)c1.Cc1ccc([C@H](C)n2cc(Cl)cc(Oc3ccc(-n4cnc(C)c4)c(C)c3)c2=O)c(F)c1.Cc1cccc([C@H](C)n2cc(Cl)cc(Oc3ccc(-n4cnc(C)c4)c(C)c3)c2=O)c1.Cc1cn(-c2ccc(Oc3cc(Cl)cn([C@@H](CO)c4cc(F)c(C)c(F)c4)c3=O)cc2C)cn1. The molecule has 0 aliphatic rings. The van der Waals surface area contributed by atoms with Crippen LogP contribution in [0.3, 0.4) is 0 Å². The maximum atomic E-state index is 14.5. The van der Waals surface area contributed by atoms with Crippen molar-refractivity contribution < 1.29 is 46.7 Å². The fourth-order valence-corrected chi connectivity index (χ4v) is 15.7. The lowest BCUT2D eigenvalue weighted by Gasteiger charge is -2.20. The quantitative estimate of drug-likeness (QED) is 0.0601. The normalized spacial score (nSPS) is 12.1. The summed E-state index contributed by atoms with van der Waals surface area (Å²) in [4.78, 5) is 69.7. The number of aromatic nitrogens is 12. The number of rotatable bonds is 22. The molecule has 8 aromatic heterocycles. The fraction of sp³-hybridized carbons (Fsp3) is 0.200. The first kappa shape index (κ1) is 94.0. The van der Waals surface area contributed by atoms with Crippen LogP contribution in [0, 0.1) is 106 Å². The van der Waals surface area contributed by atoms with Crippen LogP contribution in [0.1, 0.15) is 128 Å². The Morgan fingerprint density at radius 3 is 0.969 bits per heavy atom. The molecule has 0 radical (unpaired) electrons. The van der Waals surface area contributed by atoms with Gasteiger partial charge in [-0.05, 0) is 250 Å². The van der Waals surface area contributed by atoms with E-state index in [-0.39, 0.29) is 61.6 Å². The zero-order valence-electron chi connectivity index (χ0n) is 73.4. The Morgan fingerprint density at radius 2 is 0.654 bits per heavy atom. The van der Waals surface area contributed by atoms with E-state index in [1.165, 1.54) is 71.0 Å². The van der Waals surface area contributed by atoms with Crippen LogP contribution >= 0.6 is 46.4 Å². The number of aryl methyl sites for hydroxylation is 11. The van der Waals surface area contributed by atoms with E-state index >= 15 is 0 Å². The molecule has 0 aliphatic heterocycles. The summed E-state index contributed by atoms with van der Waals surface area (Å²) in [5, 5.41) is 21.1. The number of ether oxygens (including phenoxy) is 4. The molecular weight excluding hydrogens is 1750 g/mol. The average Bonchev–Trinajstić information content (AvgIpc) is 1.19. The summed E-state index contributed by atoms with van der Waals surface area (Å²) in [5.74, 6) is -0.253. The monoisotopic (exact) mass is 1840 g/mol. The molecule has 0 amide bonds. The number of aliphatic hydroxyl groups is 2. The standard InChI is InChI=1S/C25H22ClF2N3O3.C25H23ClFN3O3.C25H23ClFN3O2.C25H24ClN3O2/c1-14-6-19(4-5-22(14)30-10-15(2)29-13-30)34-24-9-18(26)11-31(25(24)33)23(12-32)17-7-20(27)16(3)21(28)8-17;1-15-6-18(9-20(27)7-15)23(13-31)30-12-19(26)10-24(25(30)32)33-21-4-5-22(16(2)8-21)29-11-17(3)28-14-29;1-15-5-7-21(22(27)9-15)18(4)30-13-19(26)11-24(25(30)31)32-20-6-8-23(16(2)10-20)29-12-17(3)28-14-29;1-16-6-5-7-20(10-16)19(4)29-14-21(26)12-24(25(29)30)31-22-8-9-23(17(2)11-22)28-13-18(3)27-15-28/h4-11,13,23,32H,12H2,1-3H3;4-12,14,23,31H,13H2,1-3H3;5-14,18H,1-4H3;5-15,19H,1-4H3/t2*23-;18-;19-/m0000/s1. The van der Waals surface area contributed by atoms with Crippen LogP contribution in [-0.2, 0) is 0 Å². The third-order valence-corrected chi connectivity index (χ3v) is 22.4. The first-order valence-electron chi connectivity index (χ1n) is 41.1. The van der Waals surface area contributed by atoms with Crippen LogP contribution in [0.15, 0.2) is 264 Å². The molecule has 16 aromatic rings. The molecule has 8 aromatic carbocycles. The van der Waals surface area contributed by atoms with Crippen molar-refractivity contribution in [1.29, 1.82) is 0 Å². The van der Waals surface area contributed by atoms with Gasteiger partial charge in [0, 0.05) is 108 Å². The van der Waals surface area contributed by atoms with E-state index in [4.69, 9.17) is 65.4 Å². The van der Waals surface area contributed by atoms with Gasteiger partial charge in [0.25, 0.3) is 22.2 Å². The molecule has 0 saturated carbocycles. The summed E-state index contributed by atoms with van der Waals surface area (Å²) < 4.78 is 93.4. The lowest BCUT2D eigenvalue weighted by molar-refractivity contribution is 0.245. The zero-order valence-corrected chi connectivity index (χ0v) is 76.4. The predicted octanol–water partition coefficient (Wildman–Crippen LogP) is 22.6. The minimum Gasteiger partial charge on any atom is -0.451 e. The fourth-order valence-electron chi connectivity index (χ4n) is 14.9. The number of hydrogen-bond donors (Lipinski definition) is 2. The van der Waals surface area contributed by atoms with Gasteiger partial charge in [0.1, 0.15) is 46.3 Å². The number of benzene rings is 8. The summed E-state index contributed by atoms with van der Waals surface area (Å²) in [6, 6.07) is 44.8. The van der Waals surface area contributed by atoms with E-state index in [0.29, 0.717) is 49.7 Å². The van der Waals surface area contributed by atoms with E-state index in [9.17, 15) is 47.0 Å². The van der Waals surface area contributed by atoms with Gasteiger partial charge in [-0.25, -0.2) is 37.5 Å². The molecule has 0 spiro atoms. The minimum absolute atomic E-state index is 0.000278. The minimum atomic E-state index is -1.06. The van der Waals surface area contributed by atoms with Crippen LogP contribution in [0.4, 0.5) is 17.6 Å². The van der Waals surface area contributed by atoms with Gasteiger partial charge < -0.3 is 65.7 Å². The molecule has 0 unspecified atom stereocenters. The Labute approximate surface area is 766 Å². The molecule has 16 rings (SSSR count).